The van der Waals surface area contributed by atoms with E-state index >= 15 is 0 Å². The number of nitrogens with zero attached hydrogens (tertiary/aromatic N) is 2. The lowest BCUT2D eigenvalue weighted by Crippen LogP contribution is -2.27. The predicted molar refractivity (Wildman–Crippen MR) is 80.1 cm³/mol. The third-order valence-corrected chi connectivity index (χ3v) is 3.16. The molecule has 0 aliphatic heterocycles. The molecule has 2 N–H and O–H groups in total. The number of hydrogen-bond donors (Lipinski definition) is 1. The van der Waals surface area contributed by atoms with E-state index in [1.807, 2.05) is 0 Å². The first-order chi connectivity index (χ1) is 10.5. The molecule has 1 amide bonds. The van der Waals surface area contributed by atoms with Gasteiger partial charge in [0.1, 0.15) is 17.4 Å². The highest BCUT2D eigenvalue weighted by Gasteiger charge is 2.15. The van der Waals surface area contributed by atoms with Crippen LogP contribution in [0.15, 0.2) is 29.3 Å². The van der Waals surface area contributed by atoms with Crippen LogP contribution in [0.5, 0.6) is 5.75 Å². The molecular formula is C14H12ClN3O4. The van der Waals surface area contributed by atoms with Gasteiger partial charge in [-0.05, 0) is 6.07 Å². The molecule has 0 unspecified atom stereocenters. The zero-order valence-corrected chi connectivity index (χ0v) is 12.3. The van der Waals surface area contributed by atoms with Crippen LogP contribution in [0.25, 0.3) is 11.1 Å². The third kappa shape index (κ3) is 3.15. The number of primary amides is 1. The Morgan fingerprint density at radius 3 is 2.77 bits per heavy atom. The first-order valence-corrected chi connectivity index (χ1v) is 6.52. The maximum Gasteiger partial charge on any atom is 0.251 e. The number of amides is 1. The number of halogens is 1. The first-order valence-electron chi connectivity index (χ1n) is 6.14. The van der Waals surface area contributed by atoms with Crippen molar-refractivity contribution < 1.29 is 14.3 Å². The summed E-state index contributed by atoms with van der Waals surface area (Å²) in [6, 6.07) is 2.63. The van der Waals surface area contributed by atoms with Gasteiger partial charge in [0.15, 0.2) is 6.29 Å². The minimum Gasteiger partial charge on any atom is -0.494 e. The molecule has 0 fully saturated rings. The van der Waals surface area contributed by atoms with E-state index in [4.69, 9.17) is 22.1 Å². The van der Waals surface area contributed by atoms with Gasteiger partial charge in [0.2, 0.25) is 5.91 Å². The average molecular weight is 322 g/mol. The minimum absolute atomic E-state index is 0.145. The van der Waals surface area contributed by atoms with Crippen LogP contribution in [-0.2, 0) is 11.3 Å². The Balaban J connectivity index is 2.73. The van der Waals surface area contributed by atoms with Gasteiger partial charge in [-0.3, -0.25) is 14.4 Å². The van der Waals surface area contributed by atoms with Gasteiger partial charge in [-0.1, -0.05) is 11.6 Å². The molecule has 0 spiro atoms. The van der Waals surface area contributed by atoms with Crippen molar-refractivity contribution in [2.24, 2.45) is 5.73 Å². The quantitative estimate of drug-likeness (QED) is 0.650. The summed E-state index contributed by atoms with van der Waals surface area (Å²) in [6.45, 7) is -0.300. The fourth-order valence-corrected chi connectivity index (χ4v) is 2.15. The van der Waals surface area contributed by atoms with Crippen molar-refractivity contribution in [2.75, 3.05) is 7.11 Å². The highest BCUT2D eigenvalue weighted by Crippen LogP contribution is 2.32. The molecule has 0 aliphatic carbocycles. The van der Waals surface area contributed by atoms with Crippen LogP contribution in [0.4, 0.5) is 0 Å². The van der Waals surface area contributed by atoms with E-state index in [-0.39, 0.29) is 17.3 Å². The number of nitrogens with two attached hydrogens (primary N) is 1. The molecule has 8 heteroatoms. The Kier molecular flexibility index (Phi) is 4.57. The molecule has 114 valence electrons. The molecule has 0 atom stereocenters. The van der Waals surface area contributed by atoms with Gasteiger partial charge < -0.3 is 15.0 Å². The molecule has 7 nitrogen and oxygen atoms in total. The molecule has 0 bridgehead atoms. The topological polar surface area (TPSA) is 104 Å². The fourth-order valence-electron chi connectivity index (χ4n) is 1.99. The van der Waals surface area contributed by atoms with Crippen LogP contribution >= 0.6 is 11.6 Å². The van der Waals surface area contributed by atoms with Crippen LogP contribution in [0.1, 0.15) is 10.4 Å². The minimum atomic E-state index is -0.674. The van der Waals surface area contributed by atoms with E-state index in [2.05, 4.69) is 4.98 Å². The highest BCUT2D eigenvalue weighted by molar-refractivity contribution is 6.29. The molecule has 0 aliphatic rings. The van der Waals surface area contributed by atoms with Gasteiger partial charge in [0.25, 0.3) is 5.56 Å². The van der Waals surface area contributed by atoms with E-state index in [1.54, 1.807) is 0 Å². The van der Waals surface area contributed by atoms with Crippen LogP contribution in [0.3, 0.4) is 0 Å². The Hall–Kier alpha value is -2.67. The molecule has 2 heterocycles. The second-order valence-electron chi connectivity index (χ2n) is 4.40. The number of carbonyl (C=O) groups is 2. The molecule has 2 aromatic rings. The lowest BCUT2D eigenvalue weighted by molar-refractivity contribution is -0.118. The number of hydrogen-bond acceptors (Lipinski definition) is 5. The SMILES string of the molecule is COc1cnc(Cl)cc1-c1cn(CC(N)=O)c(=O)cc1C=O. The number of aldehydes is 1. The maximum atomic E-state index is 11.9. The van der Waals surface area contributed by atoms with Gasteiger partial charge in [0, 0.05) is 29.0 Å². The zero-order chi connectivity index (χ0) is 16.3. The lowest BCUT2D eigenvalue weighted by atomic mass is 10.0. The summed E-state index contributed by atoms with van der Waals surface area (Å²) < 4.78 is 6.30. The number of methoxy groups -OCH3 is 1. The smallest absolute Gasteiger partial charge is 0.251 e. The number of pyridine rings is 2. The Morgan fingerprint density at radius 2 is 2.18 bits per heavy atom. The van der Waals surface area contributed by atoms with Crippen molar-refractivity contribution in [2.45, 2.75) is 6.54 Å². The van der Waals surface area contributed by atoms with E-state index in [0.29, 0.717) is 23.2 Å². The average Bonchev–Trinajstić information content (AvgIpc) is 2.48. The van der Waals surface area contributed by atoms with Gasteiger partial charge >= 0.3 is 0 Å². The Bertz CT molecular complexity index is 801. The second-order valence-corrected chi connectivity index (χ2v) is 4.79. The molecular weight excluding hydrogens is 310 g/mol. The molecule has 2 aromatic heterocycles. The normalized spacial score (nSPS) is 10.3. The van der Waals surface area contributed by atoms with Crippen molar-refractivity contribution in [1.29, 1.82) is 0 Å². The first kappa shape index (κ1) is 15.7. The third-order valence-electron chi connectivity index (χ3n) is 2.96. The molecule has 0 saturated carbocycles. The maximum absolute atomic E-state index is 11.9. The van der Waals surface area contributed by atoms with E-state index in [1.165, 1.54) is 25.6 Å². The lowest BCUT2D eigenvalue weighted by Gasteiger charge is -2.12. The summed E-state index contributed by atoms with van der Waals surface area (Å²) in [7, 11) is 1.44. The fraction of sp³-hybridized carbons (Fsp3) is 0.143. The van der Waals surface area contributed by atoms with E-state index in [0.717, 1.165) is 10.6 Å². The molecule has 0 aromatic carbocycles. The number of ether oxygens (including phenoxy) is 1. The summed E-state index contributed by atoms with van der Waals surface area (Å²) in [5.74, 6) is -0.302. The van der Waals surface area contributed by atoms with Crippen LogP contribution in [0.2, 0.25) is 5.15 Å². The Labute approximate surface area is 130 Å². The largest absolute Gasteiger partial charge is 0.494 e. The summed E-state index contributed by atoms with van der Waals surface area (Å²) in [5.41, 5.74) is 5.60. The number of carbonyl (C=O) groups excluding carboxylic acids is 2. The van der Waals surface area contributed by atoms with Crippen LogP contribution in [-0.4, -0.2) is 28.9 Å². The molecule has 22 heavy (non-hydrogen) atoms. The van der Waals surface area contributed by atoms with E-state index in [9.17, 15) is 14.4 Å². The van der Waals surface area contributed by atoms with Crippen molar-refractivity contribution in [3.05, 3.63) is 45.6 Å². The number of aromatic nitrogens is 2. The number of rotatable bonds is 5. The molecule has 0 saturated heterocycles. The van der Waals surface area contributed by atoms with Gasteiger partial charge in [-0.15, -0.1) is 0 Å². The summed E-state index contributed by atoms with van der Waals surface area (Å²) in [4.78, 5) is 38.0. The highest BCUT2D eigenvalue weighted by atomic mass is 35.5. The standard InChI is InChI=1S/C14H12ClN3O4/c1-22-11-4-17-12(15)3-9(11)10-5-18(6-13(16)20)14(21)2-8(10)7-19/h2-5,7H,6H2,1H3,(H2,16,20). The second kappa shape index (κ2) is 6.40. The zero-order valence-electron chi connectivity index (χ0n) is 11.6. The summed E-state index contributed by atoms with van der Waals surface area (Å²) >= 11 is 5.88. The van der Waals surface area contributed by atoms with Gasteiger partial charge in [-0.25, -0.2) is 4.98 Å². The predicted octanol–water partition coefficient (Wildman–Crippen LogP) is 0.870. The monoisotopic (exact) mass is 321 g/mol. The molecule has 0 radical (unpaired) electrons. The van der Waals surface area contributed by atoms with E-state index < -0.39 is 11.5 Å². The van der Waals surface area contributed by atoms with Crippen molar-refractivity contribution in [3.63, 3.8) is 0 Å². The molecule has 2 rings (SSSR count). The van der Waals surface area contributed by atoms with Gasteiger partial charge in [-0.2, -0.15) is 0 Å². The van der Waals surface area contributed by atoms with Crippen molar-refractivity contribution in [1.82, 2.24) is 9.55 Å². The van der Waals surface area contributed by atoms with Crippen molar-refractivity contribution >= 4 is 23.8 Å². The summed E-state index contributed by atoms with van der Waals surface area (Å²) in [5, 5.41) is 0.195. The van der Waals surface area contributed by atoms with Crippen molar-refractivity contribution in [3.8, 4) is 16.9 Å². The Morgan fingerprint density at radius 1 is 1.45 bits per heavy atom. The van der Waals surface area contributed by atoms with Gasteiger partial charge in [0.05, 0.1) is 13.3 Å². The van der Waals surface area contributed by atoms with Crippen LogP contribution in [0, 0.1) is 0 Å². The summed E-state index contributed by atoms with van der Waals surface area (Å²) in [6.07, 6.45) is 3.31. The van der Waals surface area contributed by atoms with Crippen LogP contribution < -0.4 is 16.0 Å².